The molecule has 180 valence electrons. The van der Waals surface area contributed by atoms with Gasteiger partial charge < -0.3 is 19.7 Å². The first-order valence-electron chi connectivity index (χ1n) is 11.1. The van der Waals surface area contributed by atoms with E-state index in [1.807, 2.05) is 50.7 Å². The maximum absolute atomic E-state index is 13.4. The van der Waals surface area contributed by atoms with E-state index in [4.69, 9.17) is 12.2 Å². The summed E-state index contributed by atoms with van der Waals surface area (Å²) in [7, 11) is 4.02. The van der Waals surface area contributed by atoms with Gasteiger partial charge in [0.1, 0.15) is 0 Å². The molecule has 3 heterocycles. The zero-order valence-corrected chi connectivity index (χ0v) is 20.4. The molecule has 0 unspecified atom stereocenters. The summed E-state index contributed by atoms with van der Waals surface area (Å²) in [5, 5.41) is 4.08. The lowest BCUT2D eigenvalue weighted by Gasteiger charge is -2.29. The quantitative estimate of drug-likeness (QED) is 0.493. The highest BCUT2D eigenvalue weighted by atomic mass is 32.1. The highest BCUT2D eigenvalue weighted by Gasteiger charge is 2.41. The molecule has 0 bridgehead atoms. The molecular weight excluding hydrogens is 459 g/mol. The fourth-order valence-electron chi connectivity index (χ4n) is 4.60. The van der Waals surface area contributed by atoms with Gasteiger partial charge in [-0.15, -0.1) is 0 Å². The van der Waals surface area contributed by atoms with Crippen molar-refractivity contribution in [1.29, 1.82) is 0 Å². The number of rotatable bonds is 6. The number of hydrogen-bond acceptors (Lipinski definition) is 3. The molecule has 0 radical (unpaired) electrons. The standard InChI is InChI=1S/C25H28F3N5S/c1-16-14-20(17(2)33(16)19-9-7-8-18(15-19)25(26,27)28)23-22(21-10-5-6-11-29-21)30-24(34)32(23)13-12-31(3)4/h5-11,14-15,22-23H,12-13H2,1-4H3,(H,30,34)/t22-,23+/m0/s1. The van der Waals surface area contributed by atoms with E-state index in [1.165, 1.54) is 12.1 Å². The number of halogens is 3. The predicted molar refractivity (Wildman–Crippen MR) is 131 cm³/mol. The van der Waals surface area contributed by atoms with Crippen molar-refractivity contribution in [2.45, 2.75) is 32.1 Å². The molecule has 5 nitrogen and oxygen atoms in total. The lowest BCUT2D eigenvalue weighted by Crippen LogP contribution is -2.35. The third-order valence-corrected chi connectivity index (χ3v) is 6.56. The van der Waals surface area contributed by atoms with Crippen molar-refractivity contribution in [2.75, 3.05) is 27.2 Å². The summed E-state index contributed by atoms with van der Waals surface area (Å²) in [5.41, 5.74) is 3.43. The van der Waals surface area contributed by atoms with E-state index in [2.05, 4.69) is 26.2 Å². The summed E-state index contributed by atoms with van der Waals surface area (Å²) in [4.78, 5) is 8.82. The van der Waals surface area contributed by atoms with E-state index >= 15 is 0 Å². The molecule has 1 aliphatic rings. The number of nitrogens with one attached hydrogen (secondary N) is 1. The topological polar surface area (TPSA) is 36.3 Å². The molecule has 0 spiro atoms. The summed E-state index contributed by atoms with van der Waals surface area (Å²) in [6, 6.07) is 13.0. The molecule has 34 heavy (non-hydrogen) atoms. The molecule has 0 saturated carbocycles. The van der Waals surface area contributed by atoms with Crippen molar-refractivity contribution in [3.63, 3.8) is 0 Å². The molecule has 2 aromatic heterocycles. The maximum atomic E-state index is 13.4. The van der Waals surface area contributed by atoms with E-state index in [9.17, 15) is 13.2 Å². The van der Waals surface area contributed by atoms with Crippen LogP contribution in [-0.4, -0.2) is 51.6 Å². The second-order valence-electron chi connectivity index (χ2n) is 8.83. The van der Waals surface area contributed by atoms with Gasteiger partial charge in [-0.1, -0.05) is 12.1 Å². The van der Waals surface area contributed by atoms with Gasteiger partial charge in [-0.3, -0.25) is 4.98 Å². The number of nitrogens with zero attached hydrogens (tertiary/aromatic N) is 4. The van der Waals surface area contributed by atoms with E-state index in [0.29, 0.717) is 17.3 Å². The van der Waals surface area contributed by atoms with Crippen LogP contribution in [0.3, 0.4) is 0 Å². The minimum absolute atomic E-state index is 0.145. The number of thiocarbonyl (C=S) groups is 1. The average Bonchev–Trinajstić information content (AvgIpc) is 3.27. The summed E-state index contributed by atoms with van der Waals surface area (Å²) in [5.74, 6) is 0. The summed E-state index contributed by atoms with van der Waals surface area (Å²) in [6.45, 7) is 5.38. The second-order valence-corrected chi connectivity index (χ2v) is 9.22. The average molecular weight is 488 g/mol. The minimum Gasteiger partial charge on any atom is -0.352 e. The van der Waals surface area contributed by atoms with Gasteiger partial charge in [0.25, 0.3) is 0 Å². The van der Waals surface area contributed by atoms with E-state index in [-0.39, 0.29) is 12.1 Å². The molecule has 1 fully saturated rings. The number of hydrogen-bond donors (Lipinski definition) is 1. The van der Waals surface area contributed by atoms with Gasteiger partial charge in [-0.25, -0.2) is 0 Å². The number of benzene rings is 1. The van der Waals surface area contributed by atoms with E-state index in [0.717, 1.165) is 35.3 Å². The Morgan fingerprint density at radius 2 is 1.85 bits per heavy atom. The van der Waals surface area contributed by atoms with Crippen LogP contribution in [0.5, 0.6) is 0 Å². The van der Waals surface area contributed by atoms with Crippen LogP contribution >= 0.6 is 12.2 Å². The third kappa shape index (κ3) is 4.67. The number of pyridine rings is 1. The molecule has 4 rings (SSSR count). The molecule has 1 N–H and O–H groups in total. The molecule has 0 amide bonds. The maximum Gasteiger partial charge on any atom is 0.416 e. The zero-order chi connectivity index (χ0) is 24.6. The Labute approximate surface area is 203 Å². The normalized spacial score (nSPS) is 18.6. The van der Waals surface area contributed by atoms with Gasteiger partial charge in [0.2, 0.25) is 0 Å². The highest BCUT2D eigenvalue weighted by molar-refractivity contribution is 7.80. The SMILES string of the molecule is Cc1cc([C@@H]2[C@H](c3ccccn3)NC(=S)N2CCN(C)C)c(C)n1-c1cccc(C(F)(F)F)c1. The number of aryl methyl sites for hydroxylation is 1. The monoisotopic (exact) mass is 487 g/mol. The number of alkyl halides is 3. The van der Waals surface area contributed by atoms with Crippen molar-refractivity contribution in [3.05, 3.63) is 82.9 Å². The van der Waals surface area contributed by atoms with Crippen LogP contribution in [-0.2, 0) is 6.18 Å². The summed E-state index contributed by atoms with van der Waals surface area (Å²) >= 11 is 5.72. The largest absolute Gasteiger partial charge is 0.416 e. The first kappa shape index (κ1) is 24.2. The minimum atomic E-state index is -4.40. The Morgan fingerprint density at radius 3 is 2.50 bits per heavy atom. The molecule has 3 aromatic rings. The lowest BCUT2D eigenvalue weighted by atomic mass is 9.96. The molecular formula is C25H28F3N5S. The van der Waals surface area contributed by atoms with Gasteiger partial charge in [-0.05, 0) is 82.1 Å². The molecule has 9 heteroatoms. The molecule has 1 aromatic carbocycles. The van der Waals surface area contributed by atoms with Crippen LogP contribution < -0.4 is 5.32 Å². The summed E-state index contributed by atoms with van der Waals surface area (Å²) in [6.07, 6.45) is -2.64. The number of aromatic nitrogens is 2. The predicted octanol–water partition coefficient (Wildman–Crippen LogP) is 5.04. The Balaban J connectivity index is 1.81. The first-order chi connectivity index (χ1) is 16.1. The van der Waals surface area contributed by atoms with Crippen molar-refractivity contribution >= 4 is 17.3 Å². The van der Waals surface area contributed by atoms with Crippen molar-refractivity contribution in [3.8, 4) is 5.69 Å². The molecule has 1 saturated heterocycles. The van der Waals surface area contributed by atoms with Crippen molar-refractivity contribution in [2.24, 2.45) is 0 Å². The molecule has 0 aliphatic carbocycles. The van der Waals surface area contributed by atoms with Crippen LogP contribution in [0.15, 0.2) is 54.7 Å². The molecule has 1 aliphatic heterocycles. The van der Waals surface area contributed by atoms with Gasteiger partial charge in [0, 0.05) is 36.4 Å². The highest BCUT2D eigenvalue weighted by Crippen LogP contribution is 2.41. The summed E-state index contributed by atoms with van der Waals surface area (Å²) < 4.78 is 42.0. The molecule has 2 atom stereocenters. The fourth-order valence-corrected chi connectivity index (χ4v) is 4.93. The Bertz CT molecular complexity index is 1170. The van der Waals surface area contributed by atoms with E-state index in [1.54, 1.807) is 12.3 Å². The van der Waals surface area contributed by atoms with Gasteiger partial charge >= 0.3 is 6.18 Å². The van der Waals surface area contributed by atoms with Crippen LogP contribution in [0, 0.1) is 13.8 Å². The van der Waals surface area contributed by atoms with Crippen LogP contribution in [0.4, 0.5) is 13.2 Å². The first-order valence-corrected chi connectivity index (χ1v) is 11.5. The van der Waals surface area contributed by atoms with Crippen molar-refractivity contribution in [1.82, 2.24) is 24.7 Å². The zero-order valence-electron chi connectivity index (χ0n) is 19.6. The van der Waals surface area contributed by atoms with Gasteiger partial charge in [-0.2, -0.15) is 13.2 Å². The second kappa shape index (κ2) is 9.38. The fraction of sp³-hybridized carbons (Fsp3) is 0.360. The lowest BCUT2D eigenvalue weighted by molar-refractivity contribution is -0.137. The van der Waals surface area contributed by atoms with Gasteiger partial charge in [0.05, 0.1) is 23.3 Å². The van der Waals surface area contributed by atoms with Crippen LogP contribution in [0.2, 0.25) is 0 Å². The Kier molecular flexibility index (Phi) is 6.69. The van der Waals surface area contributed by atoms with Crippen LogP contribution in [0.25, 0.3) is 5.69 Å². The van der Waals surface area contributed by atoms with Gasteiger partial charge in [0.15, 0.2) is 5.11 Å². The Hall–Kier alpha value is -2.91. The smallest absolute Gasteiger partial charge is 0.352 e. The van der Waals surface area contributed by atoms with Crippen LogP contribution in [0.1, 0.15) is 40.3 Å². The third-order valence-electron chi connectivity index (χ3n) is 6.21. The number of likely N-dealkylation sites (N-methyl/N-ethyl adjacent to an activating group) is 1. The van der Waals surface area contributed by atoms with E-state index < -0.39 is 11.7 Å². The van der Waals surface area contributed by atoms with Crippen molar-refractivity contribution < 1.29 is 13.2 Å². The Morgan fingerprint density at radius 1 is 1.09 bits per heavy atom.